The standard InChI is InChI=1S/C18H17N3O2/c1-12-2-4-13(5-3-12)14-10-15(17-19-6-8-22-17)21-16(11-14)18-20-7-9-23-18/h2-5,10-11H,6-9H2,1H3. The smallest absolute Gasteiger partial charge is 0.235 e. The summed E-state index contributed by atoms with van der Waals surface area (Å²) in [5.74, 6) is 1.19. The van der Waals surface area contributed by atoms with E-state index in [1.807, 2.05) is 12.1 Å². The Labute approximate surface area is 134 Å². The molecular formula is C18H17N3O2. The van der Waals surface area contributed by atoms with Crippen LogP contribution in [0.3, 0.4) is 0 Å². The van der Waals surface area contributed by atoms with Gasteiger partial charge in [0.05, 0.1) is 13.1 Å². The zero-order valence-corrected chi connectivity index (χ0v) is 13.0. The van der Waals surface area contributed by atoms with Gasteiger partial charge in [-0.3, -0.25) is 0 Å². The molecule has 23 heavy (non-hydrogen) atoms. The molecule has 0 aliphatic carbocycles. The summed E-state index contributed by atoms with van der Waals surface area (Å²) in [5, 5.41) is 0. The number of aryl methyl sites for hydroxylation is 1. The van der Waals surface area contributed by atoms with E-state index >= 15 is 0 Å². The number of rotatable bonds is 3. The van der Waals surface area contributed by atoms with Gasteiger partial charge in [-0.05, 0) is 30.2 Å². The number of ether oxygens (including phenoxy) is 2. The van der Waals surface area contributed by atoms with Crippen molar-refractivity contribution < 1.29 is 9.47 Å². The summed E-state index contributed by atoms with van der Waals surface area (Å²) >= 11 is 0. The second kappa shape index (κ2) is 5.83. The molecule has 0 atom stereocenters. The van der Waals surface area contributed by atoms with Crippen LogP contribution in [-0.4, -0.2) is 43.1 Å². The minimum absolute atomic E-state index is 0.596. The van der Waals surface area contributed by atoms with Gasteiger partial charge >= 0.3 is 0 Å². The molecule has 2 aromatic rings. The van der Waals surface area contributed by atoms with Crippen LogP contribution in [-0.2, 0) is 9.47 Å². The number of aliphatic imine (C=N–C) groups is 2. The lowest BCUT2D eigenvalue weighted by Crippen LogP contribution is -2.11. The Morgan fingerprint density at radius 1 is 0.783 bits per heavy atom. The summed E-state index contributed by atoms with van der Waals surface area (Å²) < 4.78 is 11.1. The molecule has 2 aliphatic rings. The van der Waals surface area contributed by atoms with Gasteiger partial charge in [0, 0.05) is 0 Å². The van der Waals surface area contributed by atoms with Gasteiger partial charge in [0.1, 0.15) is 24.6 Å². The van der Waals surface area contributed by atoms with Crippen LogP contribution in [0, 0.1) is 6.92 Å². The third kappa shape index (κ3) is 2.82. The third-order valence-electron chi connectivity index (χ3n) is 3.82. The van der Waals surface area contributed by atoms with Crippen LogP contribution in [0.5, 0.6) is 0 Å². The molecule has 0 saturated heterocycles. The first-order valence-electron chi connectivity index (χ1n) is 7.74. The molecule has 0 saturated carbocycles. The van der Waals surface area contributed by atoms with Gasteiger partial charge in [-0.1, -0.05) is 29.8 Å². The SMILES string of the molecule is Cc1ccc(-c2cc(C3=NCCO3)nc(C3=NCCO3)c2)cc1. The van der Waals surface area contributed by atoms with Crippen LogP contribution >= 0.6 is 0 Å². The number of hydrogen-bond acceptors (Lipinski definition) is 5. The summed E-state index contributed by atoms with van der Waals surface area (Å²) in [4.78, 5) is 13.4. The second-order valence-corrected chi connectivity index (χ2v) is 5.56. The molecule has 4 rings (SSSR count). The molecule has 0 bridgehead atoms. The number of aromatic nitrogens is 1. The van der Waals surface area contributed by atoms with Crippen LogP contribution in [0.4, 0.5) is 0 Å². The van der Waals surface area contributed by atoms with Gasteiger partial charge in [-0.25, -0.2) is 15.0 Å². The van der Waals surface area contributed by atoms with E-state index < -0.39 is 0 Å². The van der Waals surface area contributed by atoms with Crippen molar-refractivity contribution >= 4 is 11.8 Å². The number of benzene rings is 1. The average molecular weight is 307 g/mol. The van der Waals surface area contributed by atoms with Crippen LogP contribution in [0.2, 0.25) is 0 Å². The van der Waals surface area contributed by atoms with Crippen molar-refractivity contribution in [3.63, 3.8) is 0 Å². The van der Waals surface area contributed by atoms with E-state index in [1.54, 1.807) is 0 Å². The molecule has 0 fully saturated rings. The molecule has 0 amide bonds. The fourth-order valence-corrected chi connectivity index (χ4v) is 2.64. The number of nitrogens with zero attached hydrogens (tertiary/aromatic N) is 3. The predicted molar refractivity (Wildman–Crippen MR) is 89.1 cm³/mol. The van der Waals surface area contributed by atoms with Gasteiger partial charge in [-0.2, -0.15) is 0 Å². The third-order valence-corrected chi connectivity index (χ3v) is 3.82. The Balaban J connectivity index is 1.82. The summed E-state index contributed by atoms with van der Waals surface area (Å²) in [6.45, 7) is 4.66. The predicted octanol–water partition coefficient (Wildman–Crippen LogP) is 2.61. The Bertz CT molecular complexity index is 752. The average Bonchev–Trinajstić information content (AvgIpc) is 3.29. The fraction of sp³-hybridized carbons (Fsp3) is 0.278. The van der Waals surface area contributed by atoms with Crippen LogP contribution < -0.4 is 0 Å². The van der Waals surface area contributed by atoms with E-state index in [0.717, 1.165) is 22.5 Å². The Kier molecular flexibility index (Phi) is 3.54. The first-order valence-corrected chi connectivity index (χ1v) is 7.74. The summed E-state index contributed by atoms with van der Waals surface area (Å²) in [6, 6.07) is 12.4. The van der Waals surface area contributed by atoms with Crippen molar-refractivity contribution in [3.8, 4) is 11.1 Å². The first kappa shape index (κ1) is 13.9. The molecule has 2 aliphatic heterocycles. The lowest BCUT2D eigenvalue weighted by molar-refractivity contribution is 0.345. The highest BCUT2D eigenvalue weighted by Crippen LogP contribution is 2.23. The zero-order valence-electron chi connectivity index (χ0n) is 13.0. The maximum Gasteiger partial charge on any atom is 0.235 e. The summed E-state index contributed by atoms with van der Waals surface area (Å²) in [6.07, 6.45) is 0. The molecule has 0 radical (unpaired) electrons. The highest BCUT2D eigenvalue weighted by Gasteiger charge is 2.19. The number of pyridine rings is 1. The molecule has 0 spiro atoms. The minimum atomic E-state index is 0.596. The number of hydrogen-bond donors (Lipinski definition) is 0. The highest BCUT2D eigenvalue weighted by molar-refractivity contribution is 5.98. The molecule has 0 N–H and O–H groups in total. The second-order valence-electron chi connectivity index (χ2n) is 5.56. The molecule has 0 unspecified atom stereocenters. The summed E-state index contributed by atoms with van der Waals surface area (Å²) in [7, 11) is 0. The van der Waals surface area contributed by atoms with Crippen LogP contribution in [0.25, 0.3) is 11.1 Å². The maximum atomic E-state index is 5.57. The van der Waals surface area contributed by atoms with Crippen LogP contribution in [0.15, 0.2) is 46.4 Å². The topological polar surface area (TPSA) is 56.1 Å². The normalized spacial score (nSPS) is 16.6. The van der Waals surface area contributed by atoms with Crippen LogP contribution in [0.1, 0.15) is 17.0 Å². The molecule has 5 nitrogen and oxygen atoms in total. The van der Waals surface area contributed by atoms with Crippen molar-refractivity contribution in [1.29, 1.82) is 0 Å². The quantitative estimate of drug-likeness (QED) is 0.876. The van der Waals surface area contributed by atoms with Gasteiger partial charge in [0.25, 0.3) is 0 Å². The zero-order chi connectivity index (χ0) is 15.6. The van der Waals surface area contributed by atoms with E-state index in [1.165, 1.54) is 5.56 Å². The lowest BCUT2D eigenvalue weighted by Gasteiger charge is -2.09. The van der Waals surface area contributed by atoms with Crippen molar-refractivity contribution in [1.82, 2.24) is 4.98 Å². The van der Waals surface area contributed by atoms with E-state index in [0.29, 0.717) is 38.1 Å². The maximum absolute atomic E-state index is 5.57. The lowest BCUT2D eigenvalue weighted by atomic mass is 10.0. The van der Waals surface area contributed by atoms with Gasteiger partial charge in [0.15, 0.2) is 0 Å². The molecule has 3 heterocycles. The van der Waals surface area contributed by atoms with Gasteiger partial charge in [0.2, 0.25) is 11.8 Å². The van der Waals surface area contributed by atoms with E-state index in [4.69, 9.17) is 9.47 Å². The van der Waals surface area contributed by atoms with Crippen molar-refractivity contribution in [2.75, 3.05) is 26.3 Å². The van der Waals surface area contributed by atoms with E-state index in [9.17, 15) is 0 Å². The molecule has 1 aromatic carbocycles. The Morgan fingerprint density at radius 3 is 1.83 bits per heavy atom. The van der Waals surface area contributed by atoms with Gasteiger partial charge in [-0.15, -0.1) is 0 Å². The van der Waals surface area contributed by atoms with Crippen molar-refractivity contribution in [2.45, 2.75) is 6.92 Å². The minimum Gasteiger partial charge on any atom is -0.474 e. The monoisotopic (exact) mass is 307 g/mol. The van der Waals surface area contributed by atoms with E-state index in [-0.39, 0.29) is 0 Å². The molecule has 1 aromatic heterocycles. The molecular weight excluding hydrogens is 290 g/mol. The first-order chi connectivity index (χ1) is 11.3. The summed E-state index contributed by atoms with van der Waals surface area (Å²) in [5.41, 5.74) is 4.87. The Hall–Kier alpha value is -2.69. The largest absolute Gasteiger partial charge is 0.474 e. The van der Waals surface area contributed by atoms with Gasteiger partial charge < -0.3 is 9.47 Å². The molecule has 116 valence electrons. The van der Waals surface area contributed by atoms with Crippen molar-refractivity contribution in [2.24, 2.45) is 9.98 Å². The molecule has 5 heteroatoms. The fourth-order valence-electron chi connectivity index (χ4n) is 2.64. The highest BCUT2D eigenvalue weighted by atomic mass is 16.5. The van der Waals surface area contributed by atoms with E-state index in [2.05, 4.69) is 46.2 Å². The van der Waals surface area contributed by atoms with Crippen molar-refractivity contribution in [3.05, 3.63) is 53.3 Å². The Morgan fingerprint density at radius 2 is 1.35 bits per heavy atom.